The Bertz CT molecular complexity index is 949. The molecule has 1 N–H and O–H groups in total. The minimum absolute atomic E-state index is 0.0194. The van der Waals surface area contributed by atoms with Gasteiger partial charge in [-0.1, -0.05) is 32.1 Å². The number of amides is 2. The van der Waals surface area contributed by atoms with Crippen molar-refractivity contribution in [3.63, 3.8) is 0 Å². The first kappa shape index (κ1) is 25.1. The van der Waals surface area contributed by atoms with Crippen LogP contribution >= 0.6 is 0 Å². The molecule has 0 aromatic carbocycles. The Labute approximate surface area is 194 Å². The fraction of sp³-hybridized carbons (Fsp3) is 0.636. The maximum atomic E-state index is 13.3. The smallest absolute Gasteiger partial charge is 0.328 e. The summed E-state index contributed by atoms with van der Waals surface area (Å²) in [6, 6.07) is 1.24. The molecule has 3 rings (SSSR count). The number of aromatic nitrogens is 1. The van der Waals surface area contributed by atoms with Crippen molar-refractivity contribution in [3.8, 4) is 0 Å². The minimum atomic E-state index is -3.72. The summed E-state index contributed by atoms with van der Waals surface area (Å²) in [6.45, 7) is 0.00543. The van der Waals surface area contributed by atoms with E-state index in [1.54, 1.807) is 18.3 Å². The van der Waals surface area contributed by atoms with E-state index in [4.69, 9.17) is 4.74 Å². The van der Waals surface area contributed by atoms with E-state index in [0.29, 0.717) is 17.9 Å². The number of sulfonamides is 1. The van der Waals surface area contributed by atoms with Crippen molar-refractivity contribution in [1.82, 2.24) is 19.5 Å². The van der Waals surface area contributed by atoms with Crippen LogP contribution in [0.5, 0.6) is 0 Å². The molecule has 2 aliphatic rings. The SMILES string of the molecule is COC(=O)[C@H](CC1CCCCC1)NC(=O)[C@@H]1CN(C(=O)c2cccnc2)CCN1S(C)(=O)=O. The molecule has 2 amide bonds. The van der Waals surface area contributed by atoms with Crippen LogP contribution in [0.3, 0.4) is 0 Å². The number of hydrogen-bond donors (Lipinski definition) is 1. The molecule has 1 saturated heterocycles. The Hall–Kier alpha value is -2.53. The van der Waals surface area contributed by atoms with Crippen LogP contribution in [0.2, 0.25) is 0 Å². The van der Waals surface area contributed by atoms with Gasteiger partial charge in [0, 0.05) is 32.0 Å². The number of ether oxygens (including phenoxy) is 1. The van der Waals surface area contributed by atoms with Crippen LogP contribution in [-0.4, -0.2) is 85.5 Å². The summed E-state index contributed by atoms with van der Waals surface area (Å²) in [4.78, 5) is 43.9. The maximum Gasteiger partial charge on any atom is 0.328 e. The quantitative estimate of drug-likeness (QED) is 0.572. The summed E-state index contributed by atoms with van der Waals surface area (Å²) in [6.07, 6.45) is 9.76. The number of carbonyl (C=O) groups is 3. The monoisotopic (exact) mass is 480 g/mol. The second-order valence-electron chi connectivity index (χ2n) is 8.71. The number of pyridine rings is 1. The van der Waals surface area contributed by atoms with Crippen LogP contribution in [0.15, 0.2) is 24.5 Å². The first-order valence-corrected chi connectivity index (χ1v) is 13.1. The van der Waals surface area contributed by atoms with E-state index in [9.17, 15) is 22.8 Å². The van der Waals surface area contributed by atoms with E-state index in [-0.39, 0.29) is 25.5 Å². The summed E-state index contributed by atoms with van der Waals surface area (Å²) >= 11 is 0. The van der Waals surface area contributed by atoms with Gasteiger partial charge in [0.1, 0.15) is 12.1 Å². The Kier molecular flexibility index (Phi) is 8.41. The van der Waals surface area contributed by atoms with Crippen LogP contribution in [0.1, 0.15) is 48.9 Å². The third-order valence-electron chi connectivity index (χ3n) is 6.35. The van der Waals surface area contributed by atoms with Gasteiger partial charge in [0.05, 0.1) is 18.9 Å². The van der Waals surface area contributed by atoms with E-state index in [2.05, 4.69) is 10.3 Å². The summed E-state index contributed by atoms with van der Waals surface area (Å²) in [5, 5.41) is 2.72. The standard InChI is InChI=1S/C22H32N4O6S/c1-32-22(29)18(13-16-7-4-3-5-8-16)24-20(27)19-15-25(11-12-26(19)33(2,30)31)21(28)17-9-6-10-23-14-17/h6,9-10,14,16,18-19H,3-5,7-8,11-13,15H2,1-2H3,(H,24,27)/t18-,19-/m0/s1. The van der Waals surface area contributed by atoms with E-state index in [1.165, 1.54) is 18.2 Å². The van der Waals surface area contributed by atoms with Crippen molar-refractivity contribution in [2.75, 3.05) is 33.0 Å². The molecule has 10 nitrogen and oxygen atoms in total. The van der Waals surface area contributed by atoms with Gasteiger partial charge in [-0.05, 0) is 24.5 Å². The lowest BCUT2D eigenvalue weighted by Gasteiger charge is -2.39. The third-order valence-corrected chi connectivity index (χ3v) is 7.64. The van der Waals surface area contributed by atoms with Gasteiger partial charge in [0.25, 0.3) is 5.91 Å². The summed E-state index contributed by atoms with van der Waals surface area (Å²) < 4.78 is 30.7. The number of nitrogens with zero attached hydrogens (tertiary/aromatic N) is 3. The molecule has 0 unspecified atom stereocenters. The van der Waals surface area contributed by atoms with Crippen molar-refractivity contribution in [2.24, 2.45) is 5.92 Å². The number of carbonyl (C=O) groups excluding carboxylic acids is 3. The van der Waals surface area contributed by atoms with Gasteiger partial charge in [-0.15, -0.1) is 0 Å². The number of nitrogens with one attached hydrogen (secondary N) is 1. The highest BCUT2D eigenvalue weighted by Gasteiger charge is 2.40. The maximum absolute atomic E-state index is 13.3. The van der Waals surface area contributed by atoms with Gasteiger partial charge in [0.2, 0.25) is 15.9 Å². The Morgan fingerprint density at radius 1 is 1.21 bits per heavy atom. The number of piperazine rings is 1. The van der Waals surface area contributed by atoms with Gasteiger partial charge in [0.15, 0.2) is 0 Å². The molecule has 2 heterocycles. The van der Waals surface area contributed by atoms with Crippen molar-refractivity contribution >= 4 is 27.8 Å². The summed E-state index contributed by atoms with van der Waals surface area (Å²) in [5.41, 5.74) is 0.356. The Morgan fingerprint density at radius 2 is 1.94 bits per heavy atom. The zero-order valence-electron chi connectivity index (χ0n) is 19.1. The van der Waals surface area contributed by atoms with Gasteiger partial charge in [-0.25, -0.2) is 13.2 Å². The van der Waals surface area contributed by atoms with Crippen molar-refractivity contribution in [2.45, 2.75) is 50.6 Å². The zero-order valence-corrected chi connectivity index (χ0v) is 19.9. The summed E-state index contributed by atoms with van der Waals surface area (Å²) in [5.74, 6) is -1.21. The highest BCUT2D eigenvalue weighted by Crippen LogP contribution is 2.28. The van der Waals surface area contributed by atoms with Crippen LogP contribution in [0, 0.1) is 5.92 Å². The first-order valence-electron chi connectivity index (χ1n) is 11.2. The molecule has 33 heavy (non-hydrogen) atoms. The third kappa shape index (κ3) is 6.50. The molecule has 1 saturated carbocycles. The van der Waals surface area contributed by atoms with Crippen LogP contribution in [0.4, 0.5) is 0 Å². The fourth-order valence-corrected chi connectivity index (χ4v) is 5.65. The first-order chi connectivity index (χ1) is 15.7. The highest BCUT2D eigenvalue weighted by molar-refractivity contribution is 7.88. The molecular weight excluding hydrogens is 448 g/mol. The van der Waals surface area contributed by atoms with Gasteiger partial charge in [-0.3, -0.25) is 14.6 Å². The molecule has 1 aromatic heterocycles. The summed E-state index contributed by atoms with van der Waals surface area (Å²) in [7, 11) is -2.45. The van der Waals surface area contributed by atoms with Gasteiger partial charge in [-0.2, -0.15) is 4.31 Å². The van der Waals surface area contributed by atoms with E-state index < -0.39 is 34.0 Å². The van der Waals surface area contributed by atoms with E-state index >= 15 is 0 Å². The van der Waals surface area contributed by atoms with Gasteiger partial charge >= 0.3 is 5.97 Å². The van der Waals surface area contributed by atoms with Crippen molar-refractivity contribution in [1.29, 1.82) is 0 Å². The predicted molar refractivity (Wildman–Crippen MR) is 121 cm³/mol. The molecule has 1 aliphatic carbocycles. The molecule has 2 fully saturated rings. The molecule has 1 aliphatic heterocycles. The lowest BCUT2D eigenvalue weighted by atomic mass is 9.84. The van der Waals surface area contributed by atoms with E-state index in [1.807, 2.05) is 0 Å². The second kappa shape index (κ2) is 11.1. The Morgan fingerprint density at radius 3 is 2.55 bits per heavy atom. The second-order valence-corrected chi connectivity index (χ2v) is 10.6. The van der Waals surface area contributed by atoms with Crippen molar-refractivity contribution in [3.05, 3.63) is 30.1 Å². The fourth-order valence-electron chi connectivity index (χ4n) is 4.61. The molecule has 182 valence electrons. The van der Waals surface area contributed by atoms with Crippen molar-refractivity contribution < 1.29 is 27.5 Å². The number of esters is 1. The number of rotatable bonds is 7. The average Bonchev–Trinajstić information content (AvgIpc) is 2.82. The van der Waals surface area contributed by atoms with Crippen LogP contribution in [0.25, 0.3) is 0 Å². The zero-order chi connectivity index (χ0) is 24.0. The molecule has 1 aromatic rings. The molecule has 0 bridgehead atoms. The lowest BCUT2D eigenvalue weighted by molar-refractivity contribution is -0.146. The highest BCUT2D eigenvalue weighted by atomic mass is 32.2. The van der Waals surface area contributed by atoms with Crippen LogP contribution in [-0.2, 0) is 24.3 Å². The Balaban J connectivity index is 1.77. The normalized spacial score (nSPS) is 21.3. The number of hydrogen-bond acceptors (Lipinski definition) is 7. The van der Waals surface area contributed by atoms with Crippen LogP contribution < -0.4 is 5.32 Å². The topological polar surface area (TPSA) is 126 Å². The van der Waals surface area contributed by atoms with E-state index in [0.717, 1.165) is 42.7 Å². The molecule has 11 heteroatoms. The molecule has 2 atom stereocenters. The molecule has 0 radical (unpaired) electrons. The number of methoxy groups -OCH3 is 1. The largest absolute Gasteiger partial charge is 0.467 e. The molecular formula is C22H32N4O6S. The average molecular weight is 481 g/mol. The lowest BCUT2D eigenvalue weighted by Crippen LogP contribution is -2.62. The van der Waals surface area contributed by atoms with Gasteiger partial charge < -0.3 is 15.0 Å². The predicted octanol–water partition coefficient (Wildman–Crippen LogP) is 0.796. The minimum Gasteiger partial charge on any atom is -0.467 e. The molecule has 0 spiro atoms.